The second-order valence-corrected chi connectivity index (χ2v) is 6.83. The maximum atomic E-state index is 11.6. The van der Waals surface area contributed by atoms with Gasteiger partial charge in [0.2, 0.25) is 5.95 Å². The summed E-state index contributed by atoms with van der Waals surface area (Å²) in [6.45, 7) is 1.43. The third kappa shape index (κ3) is 4.20. The largest absolute Gasteiger partial charge is 0.489 e. The smallest absolute Gasteiger partial charge is 0.254 e. The van der Waals surface area contributed by atoms with Gasteiger partial charge in [-0.15, -0.1) is 0 Å². The number of β-amino-alcohol motifs (C(OH)–C–C–N with tert-alkyl or cyclic N) is 1. The van der Waals surface area contributed by atoms with E-state index in [0.717, 1.165) is 17.9 Å². The van der Waals surface area contributed by atoms with E-state index in [0.29, 0.717) is 30.0 Å². The van der Waals surface area contributed by atoms with Crippen molar-refractivity contribution in [3.63, 3.8) is 0 Å². The second-order valence-electron chi connectivity index (χ2n) is 6.83. The number of ether oxygens (including phenoxy) is 1. The highest BCUT2D eigenvalue weighted by Crippen LogP contribution is 2.31. The Balaban J connectivity index is 1.53. The predicted molar refractivity (Wildman–Crippen MR) is 101 cm³/mol. The summed E-state index contributed by atoms with van der Waals surface area (Å²) in [4.78, 5) is 20.2. The average molecular weight is 370 g/mol. The molecule has 142 valence electrons. The molecule has 4 rings (SSSR count). The highest BCUT2D eigenvalue weighted by Gasteiger charge is 2.22. The lowest BCUT2D eigenvalue weighted by Gasteiger charge is -2.13. The Morgan fingerprint density at radius 1 is 1.41 bits per heavy atom. The van der Waals surface area contributed by atoms with Crippen LogP contribution in [-0.4, -0.2) is 46.8 Å². The Hall–Kier alpha value is -3.07. The van der Waals surface area contributed by atoms with Crippen LogP contribution in [0.1, 0.15) is 23.2 Å². The normalized spacial score (nSPS) is 18.5. The van der Waals surface area contributed by atoms with Crippen molar-refractivity contribution >= 4 is 29.0 Å². The molecule has 1 aromatic heterocycles. The lowest BCUT2D eigenvalue weighted by molar-refractivity contribution is 0.100. The van der Waals surface area contributed by atoms with Gasteiger partial charge in [-0.05, 0) is 37.0 Å². The number of carbonyl (C=O) groups excluding carboxylic acids is 1. The number of fused-ring (bicyclic) bond motifs is 1. The summed E-state index contributed by atoms with van der Waals surface area (Å²) in [7, 11) is 0. The fourth-order valence-electron chi connectivity index (χ4n) is 2.79. The van der Waals surface area contributed by atoms with Gasteiger partial charge in [-0.1, -0.05) is 0 Å². The molecule has 1 amide bonds. The van der Waals surface area contributed by atoms with Crippen LogP contribution < -0.4 is 26.4 Å². The molecule has 0 saturated heterocycles. The number of nitrogens with two attached hydrogens (primary N) is 1. The number of nitrogens with one attached hydrogen (secondary N) is 3. The fourth-order valence-corrected chi connectivity index (χ4v) is 2.79. The lowest BCUT2D eigenvalue weighted by Crippen LogP contribution is -2.23. The van der Waals surface area contributed by atoms with Crippen LogP contribution in [0, 0.1) is 5.92 Å². The van der Waals surface area contributed by atoms with Crippen molar-refractivity contribution in [2.75, 3.05) is 35.6 Å². The van der Waals surface area contributed by atoms with Gasteiger partial charge in [0.25, 0.3) is 5.91 Å². The van der Waals surface area contributed by atoms with Crippen molar-refractivity contribution in [1.29, 1.82) is 0 Å². The van der Waals surface area contributed by atoms with Crippen LogP contribution >= 0.6 is 0 Å². The summed E-state index contributed by atoms with van der Waals surface area (Å²) >= 11 is 0. The molecule has 1 saturated carbocycles. The molecule has 1 aliphatic carbocycles. The van der Waals surface area contributed by atoms with E-state index in [9.17, 15) is 9.90 Å². The van der Waals surface area contributed by atoms with E-state index in [4.69, 9.17) is 10.5 Å². The zero-order valence-corrected chi connectivity index (χ0v) is 14.7. The minimum atomic E-state index is -0.565. The van der Waals surface area contributed by atoms with Gasteiger partial charge >= 0.3 is 0 Å². The van der Waals surface area contributed by atoms with Gasteiger partial charge in [0.15, 0.2) is 0 Å². The third-order valence-electron chi connectivity index (χ3n) is 4.50. The summed E-state index contributed by atoms with van der Waals surface area (Å²) < 4.78 is 5.55. The fraction of sp³-hybridized carbons (Fsp3) is 0.389. The summed E-state index contributed by atoms with van der Waals surface area (Å²) in [5.74, 6) is 1.53. The number of anilines is 4. The van der Waals surface area contributed by atoms with Gasteiger partial charge in [-0.25, -0.2) is 4.98 Å². The van der Waals surface area contributed by atoms with Crippen molar-refractivity contribution in [1.82, 2.24) is 9.97 Å². The lowest BCUT2D eigenvalue weighted by atomic mass is 10.2. The van der Waals surface area contributed by atoms with Gasteiger partial charge < -0.3 is 31.5 Å². The van der Waals surface area contributed by atoms with Gasteiger partial charge in [-0.2, -0.15) is 4.98 Å². The molecule has 27 heavy (non-hydrogen) atoms. The average Bonchev–Trinajstić information content (AvgIpc) is 3.49. The number of nitrogens with zero attached hydrogens (tertiary/aromatic N) is 2. The van der Waals surface area contributed by atoms with Crippen LogP contribution in [-0.2, 0) is 0 Å². The van der Waals surface area contributed by atoms with Crippen molar-refractivity contribution < 1.29 is 14.6 Å². The molecule has 2 heterocycles. The molecule has 1 fully saturated rings. The Bertz CT molecular complexity index is 855. The number of amides is 1. The molecule has 1 aromatic carbocycles. The highest BCUT2D eigenvalue weighted by atomic mass is 16.5. The van der Waals surface area contributed by atoms with Gasteiger partial charge in [-0.3, -0.25) is 4.79 Å². The first-order valence-electron chi connectivity index (χ1n) is 8.95. The molecule has 1 aliphatic heterocycles. The first kappa shape index (κ1) is 17.3. The minimum Gasteiger partial charge on any atom is -0.489 e. The highest BCUT2D eigenvalue weighted by molar-refractivity contribution is 5.97. The number of aromatic nitrogens is 2. The zero-order chi connectivity index (χ0) is 18.8. The van der Waals surface area contributed by atoms with Gasteiger partial charge in [0.05, 0.1) is 11.3 Å². The Labute approximate surface area is 156 Å². The van der Waals surface area contributed by atoms with Crippen LogP contribution in [0.2, 0.25) is 0 Å². The predicted octanol–water partition coefficient (Wildman–Crippen LogP) is 1.31. The van der Waals surface area contributed by atoms with E-state index < -0.39 is 12.0 Å². The van der Waals surface area contributed by atoms with Crippen molar-refractivity contribution in [2.45, 2.75) is 18.9 Å². The zero-order valence-electron chi connectivity index (χ0n) is 14.7. The summed E-state index contributed by atoms with van der Waals surface area (Å²) in [5.41, 5.74) is 7.22. The molecular formula is C18H22N6O3. The number of benzene rings is 1. The summed E-state index contributed by atoms with van der Waals surface area (Å²) in [6.07, 6.45) is 3.24. The van der Waals surface area contributed by atoms with Crippen LogP contribution in [0.15, 0.2) is 24.4 Å². The molecule has 0 unspecified atom stereocenters. The number of carbonyl (C=O) groups is 1. The molecule has 9 nitrogen and oxygen atoms in total. The molecule has 2 aliphatic rings. The number of hydrogen-bond acceptors (Lipinski definition) is 8. The van der Waals surface area contributed by atoms with Crippen molar-refractivity contribution in [2.24, 2.45) is 11.7 Å². The summed E-state index contributed by atoms with van der Waals surface area (Å²) in [6, 6.07) is 5.50. The van der Waals surface area contributed by atoms with Gasteiger partial charge in [0, 0.05) is 25.0 Å². The first-order valence-corrected chi connectivity index (χ1v) is 8.95. The van der Waals surface area contributed by atoms with Crippen LogP contribution in [0.3, 0.4) is 0 Å². The van der Waals surface area contributed by atoms with Crippen molar-refractivity contribution in [3.05, 3.63) is 30.0 Å². The Morgan fingerprint density at radius 3 is 3.04 bits per heavy atom. The quantitative estimate of drug-likeness (QED) is 0.514. The maximum Gasteiger partial charge on any atom is 0.254 e. The number of rotatable bonds is 6. The number of primary amides is 1. The molecule has 0 radical (unpaired) electrons. The molecule has 0 spiro atoms. The SMILES string of the molecule is NC(=O)c1cnc(Nc2ccc3c(c2)NC[C@H](O)CO3)nc1NCC1CC1. The minimum absolute atomic E-state index is 0.250. The van der Waals surface area contributed by atoms with E-state index in [1.807, 2.05) is 18.2 Å². The molecule has 2 aromatic rings. The molecule has 1 atom stereocenters. The second kappa shape index (κ2) is 7.28. The van der Waals surface area contributed by atoms with E-state index >= 15 is 0 Å². The molecule has 9 heteroatoms. The van der Waals surface area contributed by atoms with E-state index in [-0.39, 0.29) is 12.2 Å². The Morgan fingerprint density at radius 2 is 2.26 bits per heavy atom. The first-order chi connectivity index (χ1) is 13.1. The third-order valence-corrected chi connectivity index (χ3v) is 4.50. The monoisotopic (exact) mass is 370 g/mol. The molecule has 6 N–H and O–H groups in total. The number of hydrogen-bond donors (Lipinski definition) is 5. The number of aliphatic hydroxyl groups is 1. The molecule has 0 bridgehead atoms. The molecular weight excluding hydrogens is 348 g/mol. The van der Waals surface area contributed by atoms with E-state index in [1.165, 1.54) is 19.0 Å². The van der Waals surface area contributed by atoms with Crippen LogP contribution in [0.4, 0.5) is 23.1 Å². The van der Waals surface area contributed by atoms with Crippen molar-refractivity contribution in [3.8, 4) is 5.75 Å². The standard InChI is InChI=1S/C18H22N6O3/c19-16(26)13-8-22-18(24-17(13)21-6-10-1-2-10)23-11-3-4-15-14(5-11)20-7-12(25)9-27-15/h3-5,8,10,12,20,25H,1-2,6-7,9H2,(H2,19,26)(H2,21,22,23,24)/t12-/m0/s1. The van der Waals surface area contributed by atoms with E-state index in [1.54, 1.807) is 0 Å². The van der Waals surface area contributed by atoms with E-state index in [2.05, 4.69) is 25.9 Å². The topological polar surface area (TPSA) is 134 Å². The Kier molecular flexibility index (Phi) is 4.68. The number of aliphatic hydroxyl groups excluding tert-OH is 1. The summed E-state index contributed by atoms with van der Waals surface area (Å²) in [5, 5.41) is 19.2. The van der Waals surface area contributed by atoms with Crippen LogP contribution in [0.25, 0.3) is 0 Å². The van der Waals surface area contributed by atoms with Crippen LogP contribution in [0.5, 0.6) is 5.75 Å². The maximum absolute atomic E-state index is 11.6. The van der Waals surface area contributed by atoms with Gasteiger partial charge in [0.1, 0.15) is 24.3 Å².